The number of ether oxygens (including phenoxy) is 1. The predicted molar refractivity (Wildman–Crippen MR) is 60.5 cm³/mol. The lowest BCUT2D eigenvalue weighted by Crippen LogP contribution is -2.36. The zero-order valence-electron chi connectivity index (χ0n) is 9.13. The first kappa shape index (κ1) is 13.7. The number of thioether (sulfide) groups is 1. The summed E-state index contributed by atoms with van der Waals surface area (Å²) in [6, 6.07) is 0. The second-order valence-electron chi connectivity index (χ2n) is 3.82. The second-order valence-corrected chi connectivity index (χ2v) is 4.81. The third-order valence-electron chi connectivity index (χ3n) is 1.34. The van der Waals surface area contributed by atoms with Crippen LogP contribution in [0.4, 0.5) is 0 Å². The van der Waals surface area contributed by atoms with Crippen molar-refractivity contribution in [2.75, 3.05) is 31.8 Å². The molecule has 0 saturated carbocycles. The second kappa shape index (κ2) is 7.09. The maximum atomic E-state index is 11.2. The summed E-state index contributed by atoms with van der Waals surface area (Å²) in [6.07, 6.45) is 0. The fourth-order valence-corrected chi connectivity index (χ4v) is 1.67. The normalized spacial score (nSPS) is 11.4. The van der Waals surface area contributed by atoms with E-state index in [1.807, 2.05) is 13.8 Å². The molecule has 0 aromatic rings. The van der Waals surface area contributed by atoms with Crippen LogP contribution >= 0.6 is 11.8 Å². The molecule has 0 aromatic heterocycles. The molecule has 0 bridgehead atoms. The van der Waals surface area contributed by atoms with Crippen LogP contribution in [0.3, 0.4) is 0 Å². The van der Waals surface area contributed by atoms with Crippen LogP contribution in [-0.4, -0.2) is 43.2 Å². The molecular formula is C9H20N2O2S. The van der Waals surface area contributed by atoms with Crippen LogP contribution in [-0.2, 0) is 9.53 Å². The van der Waals surface area contributed by atoms with Crippen LogP contribution < -0.4 is 11.1 Å². The summed E-state index contributed by atoms with van der Waals surface area (Å²) in [4.78, 5) is 11.2. The number of nitrogens with two attached hydrogens (primary N) is 1. The molecule has 5 heteroatoms. The monoisotopic (exact) mass is 220 g/mol. The van der Waals surface area contributed by atoms with Crippen molar-refractivity contribution in [1.29, 1.82) is 0 Å². The minimum absolute atomic E-state index is 0.0382. The van der Waals surface area contributed by atoms with Gasteiger partial charge in [-0.1, -0.05) is 0 Å². The fraction of sp³-hybridized carbons (Fsp3) is 0.889. The van der Waals surface area contributed by atoms with Crippen molar-refractivity contribution >= 4 is 17.7 Å². The molecule has 0 unspecified atom stereocenters. The average molecular weight is 220 g/mol. The van der Waals surface area contributed by atoms with Crippen molar-refractivity contribution in [2.24, 2.45) is 5.73 Å². The van der Waals surface area contributed by atoms with Gasteiger partial charge >= 0.3 is 0 Å². The maximum Gasteiger partial charge on any atom is 0.230 e. The number of carbonyl (C=O) groups excluding carboxylic acids is 1. The van der Waals surface area contributed by atoms with Crippen LogP contribution in [0.25, 0.3) is 0 Å². The lowest BCUT2D eigenvalue weighted by atomic mass is 10.1. The van der Waals surface area contributed by atoms with Gasteiger partial charge in [-0.15, -0.1) is 0 Å². The summed E-state index contributed by atoms with van der Waals surface area (Å²) in [5.41, 5.74) is 5.56. The van der Waals surface area contributed by atoms with E-state index in [9.17, 15) is 4.79 Å². The van der Waals surface area contributed by atoms with Gasteiger partial charge in [-0.25, -0.2) is 0 Å². The number of amides is 1. The molecule has 0 radical (unpaired) electrons. The minimum Gasteiger partial charge on any atom is -0.383 e. The smallest absolute Gasteiger partial charge is 0.230 e. The van der Waals surface area contributed by atoms with E-state index in [4.69, 9.17) is 10.5 Å². The topological polar surface area (TPSA) is 64.3 Å². The average Bonchev–Trinajstić information content (AvgIpc) is 2.02. The Balaban J connectivity index is 3.36. The zero-order chi connectivity index (χ0) is 11.0. The SMILES string of the molecule is COCCNC(=O)CSCC(C)(C)N. The number of nitrogens with one attached hydrogen (secondary N) is 1. The van der Waals surface area contributed by atoms with Gasteiger partial charge < -0.3 is 15.8 Å². The van der Waals surface area contributed by atoms with E-state index in [-0.39, 0.29) is 11.4 Å². The molecular weight excluding hydrogens is 200 g/mol. The lowest BCUT2D eigenvalue weighted by molar-refractivity contribution is -0.118. The van der Waals surface area contributed by atoms with Crippen molar-refractivity contribution in [1.82, 2.24) is 5.32 Å². The van der Waals surface area contributed by atoms with E-state index < -0.39 is 0 Å². The summed E-state index contributed by atoms with van der Waals surface area (Å²) < 4.78 is 4.81. The van der Waals surface area contributed by atoms with Gasteiger partial charge in [0.15, 0.2) is 0 Å². The molecule has 0 spiro atoms. The van der Waals surface area contributed by atoms with Gasteiger partial charge in [-0.05, 0) is 13.8 Å². The van der Waals surface area contributed by atoms with Crippen LogP contribution in [0.1, 0.15) is 13.8 Å². The summed E-state index contributed by atoms with van der Waals surface area (Å²) in [5, 5.41) is 2.74. The standard InChI is InChI=1S/C9H20N2O2S/c1-9(2,10)7-14-6-8(12)11-4-5-13-3/h4-7,10H2,1-3H3,(H,11,12). The summed E-state index contributed by atoms with van der Waals surface area (Å²) in [7, 11) is 1.61. The molecule has 0 fully saturated rings. The molecule has 14 heavy (non-hydrogen) atoms. The van der Waals surface area contributed by atoms with E-state index in [1.165, 1.54) is 0 Å². The van der Waals surface area contributed by atoms with Crippen LogP contribution in [0.5, 0.6) is 0 Å². The summed E-state index contributed by atoms with van der Waals surface area (Å²) in [6.45, 7) is 5.02. The van der Waals surface area contributed by atoms with Crippen LogP contribution in [0.2, 0.25) is 0 Å². The third-order valence-corrected chi connectivity index (χ3v) is 2.75. The minimum atomic E-state index is -0.211. The van der Waals surface area contributed by atoms with Gasteiger partial charge in [0.25, 0.3) is 0 Å². The molecule has 0 aliphatic heterocycles. The van der Waals surface area contributed by atoms with E-state index in [0.29, 0.717) is 18.9 Å². The van der Waals surface area contributed by atoms with Crippen LogP contribution in [0, 0.1) is 0 Å². The van der Waals surface area contributed by atoms with Gasteiger partial charge in [-0.3, -0.25) is 4.79 Å². The Morgan fingerprint density at radius 3 is 2.71 bits per heavy atom. The highest BCUT2D eigenvalue weighted by atomic mass is 32.2. The Hall–Kier alpha value is -0.260. The van der Waals surface area contributed by atoms with Gasteiger partial charge in [0.1, 0.15) is 0 Å². The molecule has 4 nitrogen and oxygen atoms in total. The maximum absolute atomic E-state index is 11.2. The van der Waals surface area contributed by atoms with Gasteiger partial charge in [0, 0.05) is 24.9 Å². The molecule has 84 valence electrons. The largest absolute Gasteiger partial charge is 0.383 e. The van der Waals surface area contributed by atoms with Crippen LogP contribution in [0.15, 0.2) is 0 Å². The van der Waals surface area contributed by atoms with Crippen molar-refractivity contribution in [2.45, 2.75) is 19.4 Å². The lowest BCUT2D eigenvalue weighted by Gasteiger charge is -2.17. The molecule has 0 heterocycles. The molecule has 0 aliphatic carbocycles. The van der Waals surface area contributed by atoms with Gasteiger partial charge in [-0.2, -0.15) is 11.8 Å². The molecule has 3 N–H and O–H groups in total. The van der Waals surface area contributed by atoms with Crippen molar-refractivity contribution < 1.29 is 9.53 Å². The molecule has 0 rings (SSSR count). The Bertz CT molecular complexity index is 169. The van der Waals surface area contributed by atoms with Gasteiger partial charge in [0.05, 0.1) is 12.4 Å². The first-order valence-corrected chi connectivity index (χ1v) is 5.73. The number of hydrogen-bond donors (Lipinski definition) is 2. The van der Waals surface area contributed by atoms with E-state index in [0.717, 1.165) is 5.75 Å². The number of hydrogen-bond acceptors (Lipinski definition) is 4. The highest BCUT2D eigenvalue weighted by molar-refractivity contribution is 8.00. The zero-order valence-corrected chi connectivity index (χ0v) is 9.95. The Labute approximate surface area is 89.9 Å². The predicted octanol–water partition coefficient (Wildman–Crippen LogP) is 0.220. The fourth-order valence-electron chi connectivity index (χ4n) is 0.750. The first-order valence-electron chi connectivity index (χ1n) is 4.58. The quantitative estimate of drug-likeness (QED) is 0.602. The van der Waals surface area contributed by atoms with Crippen molar-refractivity contribution in [3.05, 3.63) is 0 Å². The Kier molecular flexibility index (Phi) is 6.96. The molecule has 0 aromatic carbocycles. The summed E-state index contributed by atoms with van der Waals surface area (Å²) in [5.74, 6) is 1.28. The molecule has 0 aliphatic rings. The number of methoxy groups -OCH3 is 1. The highest BCUT2D eigenvalue weighted by Gasteiger charge is 2.11. The third kappa shape index (κ3) is 9.83. The van der Waals surface area contributed by atoms with E-state index >= 15 is 0 Å². The Morgan fingerprint density at radius 2 is 2.21 bits per heavy atom. The Morgan fingerprint density at radius 1 is 1.57 bits per heavy atom. The first-order chi connectivity index (χ1) is 6.45. The molecule has 0 saturated heterocycles. The molecule has 0 atom stereocenters. The molecule has 1 amide bonds. The number of rotatable bonds is 7. The van der Waals surface area contributed by atoms with E-state index in [2.05, 4.69) is 5.32 Å². The highest BCUT2D eigenvalue weighted by Crippen LogP contribution is 2.08. The van der Waals surface area contributed by atoms with Crippen molar-refractivity contribution in [3.63, 3.8) is 0 Å². The number of carbonyl (C=O) groups is 1. The van der Waals surface area contributed by atoms with E-state index in [1.54, 1.807) is 18.9 Å². The summed E-state index contributed by atoms with van der Waals surface area (Å²) >= 11 is 1.55. The van der Waals surface area contributed by atoms with Crippen molar-refractivity contribution in [3.8, 4) is 0 Å². The van der Waals surface area contributed by atoms with Gasteiger partial charge in [0.2, 0.25) is 5.91 Å².